The van der Waals surface area contributed by atoms with Crippen molar-refractivity contribution in [3.05, 3.63) is 65.6 Å². The Labute approximate surface area is 171 Å². The lowest BCUT2D eigenvalue weighted by atomic mass is 10.1. The predicted octanol–water partition coefficient (Wildman–Crippen LogP) is 3.79. The molecule has 5 nitrogen and oxygen atoms in total. The second-order valence-corrected chi connectivity index (χ2v) is 6.00. The van der Waals surface area contributed by atoms with E-state index in [1.165, 1.54) is 22.0 Å². The third kappa shape index (κ3) is 5.20. The number of aryl methyl sites for hydroxylation is 1. The highest BCUT2D eigenvalue weighted by Gasteiger charge is 2.04. The Balaban J connectivity index is 0.00000243. The summed E-state index contributed by atoms with van der Waals surface area (Å²) in [6, 6.07) is 12.4. The summed E-state index contributed by atoms with van der Waals surface area (Å²) in [5.41, 5.74) is 4.68. The van der Waals surface area contributed by atoms with Crippen LogP contribution in [0.4, 0.5) is 0 Å². The van der Waals surface area contributed by atoms with Crippen LogP contribution in [0.2, 0.25) is 0 Å². The number of H-pyrrole nitrogens is 1. The Bertz CT molecular complexity index is 856. The molecule has 0 amide bonds. The van der Waals surface area contributed by atoms with Gasteiger partial charge in [0.15, 0.2) is 5.96 Å². The van der Waals surface area contributed by atoms with Crippen molar-refractivity contribution >= 4 is 40.8 Å². The molecule has 0 unspecified atom stereocenters. The molecule has 0 saturated heterocycles. The second-order valence-electron chi connectivity index (χ2n) is 6.00. The largest absolute Gasteiger partial charge is 0.361 e. The first-order valence-corrected chi connectivity index (χ1v) is 8.75. The molecule has 3 aromatic rings. The first-order valence-electron chi connectivity index (χ1n) is 8.75. The molecule has 0 aliphatic rings. The van der Waals surface area contributed by atoms with E-state index in [2.05, 4.69) is 76.0 Å². The van der Waals surface area contributed by atoms with Crippen molar-refractivity contribution < 1.29 is 0 Å². The van der Waals surface area contributed by atoms with Gasteiger partial charge in [0, 0.05) is 36.4 Å². The SMILES string of the molecule is CCNC(=NCc1ncccc1C)NCCc1c[nH]c2ccccc12.I. The first-order chi connectivity index (χ1) is 12.3. The zero-order valence-electron chi connectivity index (χ0n) is 15.2. The molecule has 26 heavy (non-hydrogen) atoms. The number of hydrogen-bond donors (Lipinski definition) is 3. The highest BCUT2D eigenvalue weighted by molar-refractivity contribution is 14.0. The summed E-state index contributed by atoms with van der Waals surface area (Å²) in [6.07, 6.45) is 4.85. The number of benzene rings is 1. The minimum atomic E-state index is 0. The summed E-state index contributed by atoms with van der Waals surface area (Å²) in [6.45, 7) is 6.38. The van der Waals surface area contributed by atoms with Crippen molar-refractivity contribution in [3.8, 4) is 0 Å². The number of hydrogen-bond acceptors (Lipinski definition) is 2. The number of rotatable bonds is 6. The number of aromatic amines is 1. The zero-order chi connectivity index (χ0) is 17.5. The summed E-state index contributed by atoms with van der Waals surface area (Å²) in [5, 5.41) is 7.99. The predicted molar refractivity (Wildman–Crippen MR) is 119 cm³/mol. The molecule has 0 spiro atoms. The summed E-state index contributed by atoms with van der Waals surface area (Å²) in [5.74, 6) is 0.826. The summed E-state index contributed by atoms with van der Waals surface area (Å²) in [7, 11) is 0. The maximum Gasteiger partial charge on any atom is 0.191 e. The molecular formula is C20H26IN5. The quantitative estimate of drug-likeness (QED) is 0.296. The van der Waals surface area contributed by atoms with E-state index in [1.807, 2.05) is 12.3 Å². The van der Waals surface area contributed by atoms with E-state index in [4.69, 9.17) is 0 Å². The molecule has 1 aromatic carbocycles. The second kappa shape index (κ2) is 10.2. The standard InChI is InChI=1S/C20H25N5.HI/c1-3-21-20(25-14-19-15(2)7-6-11-22-19)23-12-10-16-13-24-18-9-5-4-8-17(16)18;/h4-9,11,13,24H,3,10,12,14H2,1-2H3,(H2,21,23,25);1H. The van der Waals surface area contributed by atoms with Gasteiger partial charge in [0.1, 0.15) is 0 Å². The number of guanidine groups is 1. The topological polar surface area (TPSA) is 65.1 Å². The highest BCUT2D eigenvalue weighted by Crippen LogP contribution is 2.17. The molecule has 0 atom stereocenters. The van der Waals surface area contributed by atoms with Crippen molar-refractivity contribution in [1.29, 1.82) is 0 Å². The van der Waals surface area contributed by atoms with Gasteiger partial charge in [-0.05, 0) is 43.5 Å². The Hall–Kier alpha value is -2.09. The monoisotopic (exact) mass is 463 g/mol. The molecule has 3 N–H and O–H groups in total. The Morgan fingerprint density at radius 2 is 2.00 bits per heavy atom. The Kier molecular flexibility index (Phi) is 7.90. The summed E-state index contributed by atoms with van der Waals surface area (Å²) in [4.78, 5) is 12.4. The third-order valence-electron chi connectivity index (χ3n) is 4.21. The molecule has 0 bridgehead atoms. The third-order valence-corrected chi connectivity index (χ3v) is 4.21. The van der Waals surface area contributed by atoms with E-state index in [1.54, 1.807) is 0 Å². The van der Waals surface area contributed by atoms with Crippen LogP contribution in [0.15, 0.2) is 53.8 Å². The molecule has 0 aliphatic heterocycles. The number of halogens is 1. The summed E-state index contributed by atoms with van der Waals surface area (Å²) < 4.78 is 0. The Morgan fingerprint density at radius 1 is 1.15 bits per heavy atom. The number of aliphatic imine (C=N–C) groups is 1. The molecule has 2 aromatic heterocycles. The lowest BCUT2D eigenvalue weighted by molar-refractivity contribution is 0.797. The number of nitrogens with one attached hydrogen (secondary N) is 3. The van der Waals surface area contributed by atoms with E-state index < -0.39 is 0 Å². The van der Waals surface area contributed by atoms with Gasteiger partial charge in [-0.3, -0.25) is 4.98 Å². The maximum absolute atomic E-state index is 4.65. The van der Waals surface area contributed by atoms with Crippen LogP contribution in [0.3, 0.4) is 0 Å². The molecule has 138 valence electrons. The summed E-state index contributed by atoms with van der Waals surface area (Å²) >= 11 is 0. The van der Waals surface area contributed by atoms with Crippen molar-refractivity contribution in [3.63, 3.8) is 0 Å². The minimum absolute atomic E-state index is 0. The number of fused-ring (bicyclic) bond motifs is 1. The smallest absolute Gasteiger partial charge is 0.191 e. The van der Waals surface area contributed by atoms with E-state index in [9.17, 15) is 0 Å². The van der Waals surface area contributed by atoms with Gasteiger partial charge in [0.2, 0.25) is 0 Å². The van der Waals surface area contributed by atoms with Gasteiger partial charge < -0.3 is 15.6 Å². The molecule has 0 radical (unpaired) electrons. The molecule has 0 saturated carbocycles. The van der Waals surface area contributed by atoms with E-state index in [-0.39, 0.29) is 24.0 Å². The van der Waals surface area contributed by atoms with Gasteiger partial charge in [-0.2, -0.15) is 0 Å². The Morgan fingerprint density at radius 3 is 2.81 bits per heavy atom. The van der Waals surface area contributed by atoms with E-state index in [0.717, 1.165) is 31.2 Å². The van der Waals surface area contributed by atoms with Crippen LogP contribution >= 0.6 is 24.0 Å². The minimum Gasteiger partial charge on any atom is -0.361 e. The van der Waals surface area contributed by atoms with Crippen LogP contribution in [0.25, 0.3) is 10.9 Å². The van der Waals surface area contributed by atoms with Crippen LogP contribution in [-0.2, 0) is 13.0 Å². The van der Waals surface area contributed by atoms with Crippen LogP contribution in [0.5, 0.6) is 0 Å². The molecule has 3 rings (SSSR count). The normalized spacial score (nSPS) is 11.2. The van der Waals surface area contributed by atoms with Gasteiger partial charge >= 0.3 is 0 Å². The van der Waals surface area contributed by atoms with Crippen LogP contribution < -0.4 is 10.6 Å². The lowest BCUT2D eigenvalue weighted by Crippen LogP contribution is -2.38. The van der Waals surface area contributed by atoms with Gasteiger partial charge in [-0.15, -0.1) is 24.0 Å². The maximum atomic E-state index is 4.65. The zero-order valence-corrected chi connectivity index (χ0v) is 17.6. The van der Waals surface area contributed by atoms with Gasteiger partial charge in [-0.1, -0.05) is 24.3 Å². The highest BCUT2D eigenvalue weighted by atomic mass is 127. The van der Waals surface area contributed by atoms with Crippen molar-refractivity contribution in [2.75, 3.05) is 13.1 Å². The fraction of sp³-hybridized carbons (Fsp3) is 0.300. The van der Waals surface area contributed by atoms with Crippen molar-refractivity contribution in [2.45, 2.75) is 26.8 Å². The number of pyridine rings is 1. The van der Waals surface area contributed by atoms with Gasteiger partial charge in [0.25, 0.3) is 0 Å². The van der Waals surface area contributed by atoms with Crippen molar-refractivity contribution in [2.24, 2.45) is 4.99 Å². The molecular weight excluding hydrogens is 437 g/mol. The fourth-order valence-corrected chi connectivity index (χ4v) is 2.83. The van der Waals surface area contributed by atoms with Crippen LogP contribution in [0.1, 0.15) is 23.7 Å². The number of para-hydroxylation sites is 1. The van der Waals surface area contributed by atoms with Gasteiger partial charge in [0.05, 0.1) is 12.2 Å². The molecule has 0 aliphatic carbocycles. The fourth-order valence-electron chi connectivity index (χ4n) is 2.83. The van der Waals surface area contributed by atoms with Crippen LogP contribution in [0, 0.1) is 6.92 Å². The molecule has 2 heterocycles. The van der Waals surface area contributed by atoms with Crippen molar-refractivity contribution in [1.82, 2.24) is 20.6 Å². The lowest BCUT2D eigenvalue weighted by Gasteiger charge is -2.11. The average Bonchev–Trinajstić information content (AvgIpc) is 3.04. The van der Waals surface area contributed by atoms with Gasteiger partial charge in [-0.25, -0.2) is 4.99 Å². The molecule has 0 fully saturated rings. The average molecular weight is 463 g/mol. The number of nitrogens with zero attached hydrogens (tertiary/aromatic N) is 2. The van der Waals surface area contributed by atoms with E-state index in [0.29, 0.717) is 6.54 Å². The number of aromatic nitrogens is 2. The van der Waals surface area contributed by atoms with Crippen LogP contribution in [-0.4, -0.2) is 29.0 Å². The first kappa shape index (κ1) is 20.2. The van der Waals surface area contributed by atoms with E-state index >= 15 is 0 Å². The molecule has 6 heteroatoms.